The predicted octanol–water partition coefficient (Wildman–Crippen LogP) is 3.70. The van der Waals surface area contributed by atoms with Crippen LogP contribution >= 0.6 is 0 Å². The van der Waals surface area contributed by atoms with Crippen LogP contribution in [0.15, 0.2) is 24.3 Å². The van der Waals surface area contributed by atoms with E-state index in [4.69, 9.17) is 0 Å². The van der Waals surface area contributed by atoms with Crippen molar-refractivity contribution in [3.63, 3.8) is 0 Å². The Hall–Kier alpha value is -0.830. The normalized spacial score (nSPS) is 13.8. The summed E-state index contributed by atoms with van der Waals surface area (Å²) in [4.78, 5) is 0. The van der Waals surface area contributed by atoms with E-state index in [0.29, 0.717) is 11.7 Å². The van der Waals surface area contributed by atoms with Crippen molar-refractivity contribution in [1.29, 1.82) is 0 Å². The Morgan fingerprint density at radius 3 is 2.11 bits per heavy atom. The van der Waals surface area contributed by atoms with E-state index in [0.717, 1.165) is 12.8 Å². The fourth-order valence-corrected chi connectivity index (χ4v) is 2.93. The third kappa shape index (κ3) is 4.45. The quantitative estimate of drug-likeness (QED) is 0.788. The lowest BCUT2D eigenvalue weighted by Gasteiger charge is -2.13. The first-order valence-electron chi connectivity index (χ1n) is 6.61. The topological polar surface area (TPSA) is 34.1 Å². The Morgan fingerprint density at radius 1 is 1.06 bits per heavy atom. The fraction of sp³-hybridized carbons (Fsp3) is 0.600. The summed E-state index contributed by atoms with van der Waals surface area (Å²) in [5, 5.41) is -0.257. The summed E-state index contributed by atoms with van der Waals surface area (Å²) < 4.78 is 23.4. The summed E-state index contributed by atoms with van der Waals surface area (Å²) in [5.74, 6) is 0.730. The summed E-state index contributed by atoms with van der Waals surface area (Å²) in [6, 6.07) is 8.49. The van der Waals surface area contributed by atoms with E-state index in [1.54, 1.807) is 13.8 Å². The molecule has 0 aliphatic carbocycles. The number of sulfone groups is 1. The van der Waals surface area contributed by atoms with E-state index in [2.05, 4.69) is 38.1 Å². The highest BCUT2D eigenvalue weighted by Gasteiger charge is 2.16. The number of rotatable bonds is 6. The van der Waals surface area contributed by atoms with Crippen molar-refractivity contribution in [3.8, 4) is 0 Å². The van der Waals surface area contributed by atoms with Gasteiger partial charge in [0.05, 0.1) is 11.0 Å². The maximum Gasteiger partial charge on any atom is 0.152 e. The summed E-state index contributed by atoms with van der Waals surface area (Å²) in [7, 11) is -2.88. The zero-order valence-corrected chi connectivity index (χ0v) is 12.6. The van der Waals surface area contributed by atoms with Gasteiger partial charge in [0.15, 0.2) is 9.84 Å². The largest absolute Gasteiger partial charge is 0.229 e. The Kier molecular flexibility index (Phi) is 5.39. The van der Waals surface area contributed by atoms with Gasteiger partial charge in [-0.1, -0.05) is 36.8 Å². The van der Waals surface area contributed by atoms with Crippen LogP contribution in [-0.2, 0) is 9.84 Å². The molecule has 0 heterocycles. The molecular formula is C15H24O2S. The van der Waals surface area contributed by atoms with Gasteiger partial charge in [-0.3, -0.25) is 0 Å². The lowest BCUT2D eigenvalue weighted by atomic mass is 9.96. The van der Waals surface area contributed by atoms with E-state index >= 15 is 0 Å². The maximum atomic E-state index is 11.7. The van der Waals surface area contributed by atoms with Crippen LogP contribution < -0.4 is 0 Å². The molecule has 1 rings (SSSR count). The molecule has 1 aromatic carbocycles. The van der Waals surface area contributed by atoms with Crippen LogP contribution in [0.25, 0.3) is 0 Å². The average Bonchev–Trinajstić information content (AvgIpc) is 2.29. The smallest absolute Gasteiger partial charge is 0.152 e. The second kappa shape index (κ2) is 6.37. The molecule has 0 saturated carbocycles. The standard InChI is InChI=1S/C15H24O2S/c1-12(2)18(16,17)11-5-6-14(4)15-9-7-13(3)8-10-15/h7-10,12,14H,5-6,11H2,1-4H3. The van der Waals surface area contributed by atoms with Crippen molar-refractivity contribution in [2.75, 3.05) is 5.75 Å². The molecule has 0 bridgehead atoms. The van der Waals surface area contributed by atoms with Crippen LogP contribution in [0.5, 0.6) is 0 Å². The van der Waals surface area contributed by atoms with Crippen LogP contribution in [0, 0.1) is 6.92 Å². The highest BCUT2D eigenvalue weighted by atomic mass is 32.2. The van der Waals surface area contributed by atoms with E-state index in [9.17, 15) is 8.42 Å². The van der Waals surface area contributed by atoms with Crippen molar-refractivity contribution in [1.82, 2.24) is 0 Å². The molecule has 0 aliphatic rings. The van der Waals surface area contributed by atoms with Gasteiger partial charge in [0.2, 0.25) is 0 Å². The van der Waals surface area contributed by atoms with Crippen molar-refractivity contribution >= 4 is 9.84 Å². The second-order valence-corrected chi connectivity index (χ2v) is 8.05. The van der Waals surface area contributed by atoms with Gasteiger partial charge in [-0.25, -0.2) is 8.42 Å². The van der Waals surface area contributed by atoms with Crippen LogP contribution in [0.2, 0.25) is 0 Å². The Morgan fingerprint density at radius 2 is 1.61 bits per heavy atom. The molecule has 3 heteroatoms. The molecule has 18 heavy (non-hydrogen) atoms. The predicted molar refractivity (Wildman–Crippen MR) is 77.8 cm³/mol. The number of benzene rings is 1. The van der Waals surface area contributed by atoms with Gasteiger partial charge >= 0.3 is 0 Å². The lowest BCUT2D eigenvalue weighted by molar-refractivity contribution is 0.578. The van der Waals surface area contributed by atoms with Gasteiger partial charge in [-0.2, -0.15) is 0 Å². The van der Waals surface area contributed by atoms with E-state index in [1.807, 2.05) is 0 Å². The molecule has 2 nitrogen and oxygen atoms in total. The maximum absolute atomic E-state index is 11.7. The van der Waals surface area contributed by atoms with Gasteiger partial charge in [0.1, 0.15) is 0 Å². The van der Waals surface area contributed by atoms with Crippen molar-refractivity contribution in [3.05, 3.63) is 35.4 Å². The first kappa shape index (κ1) is 15.2. The molecular weight excluding hydrogens is 244 g/mol. The van der Waals surface area contributed by atoms with Crippen LogP contribution in [0.1, 0.15) is 50.7 Å². The van der Waals surface area contributed by atoms with E-state index in [1.165, 1.54) is 11.1 Å². The summed E-state index contributed by atoms with van der Waals surface area (Å²) >= 11 is 0. The SMILES string of the molecule is Cc1ccc(C(C)CCCS(=O)(=O)C(C)C)cc1. The zero-order valence-electron chi connectivity index (χ0n) is 11.8. The van der Waals surface area contributed by atoms with E-state index in [-0.39, 0.29) is 5.25 Å². The minimum atomic E-state index is -2.88. The fourth-order valence-electron chi connectivity index (χ4n) is 1.89. The molecule has 102 valence electrons. The molecule has 0 spiro atoms. The first-order chi connectivity index (χ1) is 8.33. The minimum Gasteiger partial charge on any atom is -0.229 e. The highest BCUT2D eigenvalue weighted by Crippen LogP contribution is 2.21. The summed E-state index contributed by atoms with van der Waals surface area (Å²) in [6.07, 6.45) is 1.67. The number of hydrogen-bond donors (Lipinski definition) is 0. The monoisotopic (exact) mass is 268 g/mol. The molecule has 0 N–H and O–H groups in total. The van der Waals surface area contributed by atoms with Gasteiger partial charge in [0, 0.05) is 0 Å². The first-order valence-corrected chi connectivity index (χ1v) is 8.32. The second-order valence-electron chi connectivity index (χ2n) is 5.37. The van der Waals surface area contributed by atoms with Crippen LogP contribution in [0.4, 0.5) is 0 Å². The third-order valence-electron chi connectivity index (χ3n) is 3.43. The van der Waals surface area contributed by atoms with Gasteiger partial charge in [-0.05, 0) is 45.1 Å². The van der Waals surface area contributed by atoms with E-state index < -0.39 is 9.84 Å². The van der Waals surface area contributed by atoms with Crippen LogP contribution in [-0.4, -0.2) is 19.4 Å². The molecule has 0 aliphatic heterocycles. The number of hydrogen-bond acceptors (Lipinski definition) is 2. The van der Waals surface area contributed by atoms with Crippen molar-refractivity contribution in [2.45, 2.75) is 51.7 Å². The van der Waals surface area contributed by atoms with Crippen molar-refractivity contribution in [2.24, 2.45) is 0 Å². The molecule has 0 fully saturated rings. The molecule has 0 amide bonds. The average molecular weight is 268 g/mol. The van der Waals surface area contributed by atoms with Crippen LogP contribution in [0.3, 0.4) is 0 Å². The highest BCUT2D eigenvalue weighted by molar-refractivity contribution is 7.91. The molecule has 0 saturated heterocycles. The Bertz CT molecular complexity index is 458. The minimum absolute atomic E-state index is 0.257. The third-order valence-corrected chi connectivity index (χ3v) is 5.72. The molecule has 1 atom stereocenters. The van der Waals surface area contributed by atoms with Gasteiger partial charge in [-0.15, -0.1) is 0 Å². The molecule has 1 aromatic rings. The Labute approximate surface area is 111 Å². The summed E-state index contributed by atoms with van der Waals surface area (Å²) in [5.41, 5.74) is 2.55. The van der Waals surface area contributed by atoms with Gasteiger partial charge in [0.25, 0.3) is 0 Å². The lowest BCUT2D eigenvalue weighted by Crippen LogP contribution is -2.17. The zero-order chi connectivity index (χ0) is 13.8. The molecule has 1 unspecified atom stereocenters. The number of aryl methyl sites for hydroxylation is 1. The molecule has 0 aromatic heterocycles. The van der Waals surface area contributed by atoms with Crippen molar-refractivity contribution < 1.29 is 8.42 Å². The Balaban J connectivity index is 2.47. The summed E-state index contributed by atoms with van der Waals surface area (Å²) in [6.45, 7) is 7.73. The van der Waals surface area contributed by atoms with Gasteiger partial charge < -0.3 is 0 Å². The molecule has 0 radical (unpaired) electrons.